The van der Waals surface area contributed by atoms with Crippen molar-refractivity contribution < 1.29 is 4.74 Å². The van der Waals surface area contributed by atoms with E-state index in [0.29, 0.717) is 17.6 Å². The molecular weight excluding hydrogens is 274 g/mol. The van der Waals surface area contributed by atoms with Gasteiger partial charge in [0.2, 0.25) is 0 Å². The highest BCUT2D eigenvalue weighted by molar-refractivity contribution is 7.98. The average Bonchev–Trinajstić information content (AvgIpc) is 2.38. The Labute approximate surface area is 121 Å². The van der Waals surface area contributed by atoms with Gasteiger partial charge in [0.25, 0.3) is 0 Å². The summed E-state index contributed by atoms with van der Waals surface area (Å²) in [5.74, 6) is 2.31. The summed E-state index contributed by atoms with van der Waals surface area (Å²) in [6.07, 6.45) is 5.34. The first-order valence-electron chi connectivity index (χ1n) is 6.22. The van der Waals surface area contributed by atoms with E-state index < -0.39 is 0 Å². The van der Waals surface area contributed by atoms with Crippen molar-refractivity contribution in [1.29, 1.82) is 0 Å². The van der Waals surface area contributed by atoms with Crippen LogP contribution in [0.4, 0.5) is 17.5 Å². The molecule has 0 radical (unpaired) electrons. The molecule has 2 aromatic rings. The molecular formula is C13H15N5OS. The van der Waals surface area contributed by atoms with Crippen LogP contribution in [-0.2, 0) is 4.74 Å². The van der Waals surface area contributed by atoms with Crippen molar-refractivity contribution in [2.75, 3.05) is 30.5 Å². The number of nitrogen functional groups attached to an aromatic ring is 1. The second-order valence-electron chi connectivity index (χ2n) is 4.51. The minimum Gasteiger partial charge on any atom is -0.384 e. The molecule has 3 N–H and O–H groups in total. The van der Waals surface area contributed by atoms with Gasteiger partial charge in [-0.05, 0) is 17.9 Å². The number of nitrogens with one attached hydrogen (secondary N) is 1. The van der Waals surface area contributed by atoms with Gasteiger partial charge in [0.15, 0.2) is 0 Å². The summed E-state index contributed by atoms with van der Waals surface area (Å²) in [4.78, 5) is 13.6. The summed E-state index contributed by atoms with van der Waals surface area (Å²) in [7, 11) is 0. The first-order valence-corrected chi connectivity index (χ1v) is 7.45. The number of hydrogen-bond acceptors (Lipinski definition) is 7. The van der Waals surface area contributed by atoms with E-state index in [0.717, 1.165) is 23.9 Å². The number of nitrogens with zero attached hydrogens (tertiary/aromatic N) is 3. The van der Waals surface area contributed by atoms with Crippen molar-refractivity contribution in [2.45, 2.75) is 10.8 Å². The van der Waals surface area contributed by atoms with Crippen LogP contribution in [0.15, 0.2) is 29.6 Å². The molecule has 1 fully saturated rings. The molecule has 0 aliphatic carbocycles. The fourth-order valence-corrected chi connectivity index (χ4v) is 2.47. The third kappa shape index (κ3) is 2.68. The van der Waals surface area contributed by atoms with Gasteiger partial charge in [-0.2, -0.15) is 0 Å². The first-order chi connectivity index (χ1) is 9.76. The zero-order valence-electron chi connectivity index (χ0n) is 11.0. The lowest BCUT2D eigenvalue weighted by atomic mass is 10.00. The van der Waals surface area contributed by atoms with Gasteiger partial charge in [-0.25, -0.2) is 15.0 Å². The Morgan fingerprint density at radius 3 is 2.80 bits per heavy atom. The molecule has 2 aromatic heterocycles. The molecule has 6 nitrogen and oxygen atoms in total. The Hall–Kier alpha value is -1.86. The normalized spacial score (nSPS) is 14.8. The van der Waals surface area contributed by atoms with E-state index in [9.17, 15) is 0 Å². The highest BCUT2D eigenvalue weighted by Crippen LogP contribution is 2.31. The van der Waals surface area contributed by atoms with Crippen LogP contribution >= 0.6 is 11.8 Å². The Balaban J connectivity index is 1.85. The van der Waals surface area contributed by atoms with E-state index >= 15 is 0 Å². The fourth-order valence-electron chi connectivity index (χ4n) is 1.92. The van der Waals surface area contributed by atoms with Crippen LogP contribution in [0.1, 0.15) is 11.5 Å². The molecule has 0 unspecified atom stereocenters. The maximum atomic E-state index is 5.64. The number of anilines is 3. The van der Waals surface area contributed by atoms with Gasteiger partial charge < -0.3 is 15.8 Å². The highest BCUT2D eigenvalue weighted by atomic mass is 32.2. The molecule has 0 aromatic carbocycles. The van der Waals surface area contributed by atoms with Crippen molar-refractivity contribution >= 4 is 29.2 Å². The van der Waals surface area contributed by atoms with Gasteiger partial charge in [-0.3, -0.25) is 0 Å². The zero-order valence-corrected chi connectivity index (χ0v) is 11.9. The summed E-state index contributed by atoms with van der Waals surface area (Å²) in [5.41, 5.74) is 6.86. The lowest BCUT2D eigenvalue weighted by Crippen LogP contribution is -2.25. The smallest absolute Gasteiger partial charge is 0.145 e. The minimum atomic E-state index is 0.427. The second-order valence-corrected chi connectivity index (χ2v) is 5.36. The third-order valence-electron chi connectivity index (χ3n) is 3.14. The van der Waals surface area contributed by atoms with Crippen LogP contribution in [0.2, 0.25) is 0 Å². The van der Waals surface area contributed by atoms with Gasteiger partial charge in [-0.1, -0.05) is 0 Å². The number of pyridine rings is 1. The SMILES string of the molecule is CSc1cc(C2COC2)cnc1Nc1cc(N)ncn1. The Morgan fingerprint density at radius 2 is 2.15 bits per heavy atom. The lowest BCUT2D eigenvalue weighted by Gasteiger charge is -2.26. The van der Waals surface area contributed by atoms with Gasteiger partial charge in [-0.15, -0.1) is 11.8 Å². The largest absolute Gasteiger partial charge is 0.384 e. The predicted molar refractivity (Wildman–Crippen MR) is 79.3 cm³/mol. The van der Waals surface area contributed by atoms with E-state index in [4.69, 9.17) is 10.5 Å². The summed E-state index contributed by atoms with van der Waals surface area (Å²) < 4.78 is 5.22. The maximum absolute atomic E-state index is 5.64. The highest BCUT2D eigenvalue weighted by Gasteiger charge is 2.21. The van der Waals surface area contributed by atoms with Crippen molar-refractivity contribution in [3.8, 4) is 0 Å². The number of hydrogen-bond donors (Lipinski definition) is 2. The van der Waals surface area contributed by atoms with Crippen molar-refractivity contribution in [3.05, 3.63) is 30.2 Å². The fraction of sp³-hybridized carbons (Fsp3) is 0.308. The van der Waals surface area contributed by atoms with E-state index in [2.05, 4.69) is 26.3 Å². The molecule has 20 heavy (non-hydrogen) atoms. The molecule has 1 aliphatic heterocycles. The molecule has 0 amide bonds. The standard InChI is InChI=1S/C13H15N5OS/c1-20-10-2-8(9-5-19-6-9)4-15-13(10)18-12-3-11(14)16-7-17-12/h2-4,7,9H,5-6H2,1H3,(H3,14,15,16,17,18). The molecule has 0 saturated carbocycles. The van der Waals surface area contributed by atoms with E-state index in [1.807, 2.05) is 12.5 Å². The van der Waals surface area contributed by atoms with E-state index in [1.165, 1.54) is 11.9 Å². The van der Waals surface area contributed by atoms with Gasteiger partial charge in [0.1, 0.15) is 23.8 Å². The van der Waals surface area contributed by atoms with Crippen molar-refractivity contribution in [1.82, 2.24) is 15.0 Å². The summed E-state index contributed by atoms with van der Waals surface area (Å²) >= 11 is 1.64. The minimum absolute atomic E-state index is 0.427. The molecule has 3 rings (SSSR count). The van der Waals surface area contributed by atoms with Crippen LogP contribution in [0, 0.1) is 0 Å². The second kappa shape index (κ2) is 5.64. The lowest BCUT2D eigenvalue weighted by molar-refractivity contribution is 0.00821. The Kier molecular flexibility index (Phi) is 3.70. The number of ether oxygens (including phenoxy) is 1. The first kappa shape index (κ1) is 13.1. The Morgan fingerprint density at radius 1 is 1.30 bits per heavy atom. The Bertz CT molecular complexity index is 617. The molecule has 104 valence electrons. The average molecular weight is 289 g/mol. The van der Waals surface area contributed by atoms with Crippen LogP contribution in [0.3, 0.4) is 0 Å². The molecule has 1 aliphatic rings. The third-order valence-corrected chi connectivity index (χ3v) is 3.89. The van der Waals surface area contributed by atoms with Crippen LogP contribution in [0.5, 0.6) is 0 Å². The summed E-state index contributed by atoms with van der Waals surface area (Å²) in [6, 6.07) is 3.83. The molecule has 0 atom stereocenters. The number of thioether (sulfide) groups is 1. The molecule has 7 heteroatoms. The van der Waals surface area contributed by atoms with Crippen molar-refractivity contribution in [2.24, 2.45) is 0 Å². The number of nitrogens with two attached hydrogens (primary N) is 1. The van der Waals surface area contributed by atoms with E-state index in [-0.39, 0.29) is 0 Å². The van der Waals surface area contributed by atoms with Crippen LogP contribution in [-0.4, -0.2) is 34.4 Å². The maximum Gasteiger partial charge on any atom is 0.145 e. The van der Waals surface area contributed by atoms with Gasteiger partial charge >= 0.3 is 0 Å². The van der Waals surface area contributed by atoms with Gasteiger partial charge in [0.05, 0.1) is 18.1 Å². The topological polar surface area (TPSA) is 86.0 Å². The number of aromatic nitrogens is 3. The molecule has 0 spiro atoms. The summed E-state index contributed by atoms with van der Waals surface area (Å²) in [5, 5.41) is 3.17. The van der Waals surface area contributed by atoms with Crippen LogP contribution < -0.4 is 11.1 Å². The molecule has 1 saturated heterocycles. The van der Waals surface area contributed by atoms with Gasteiger partial charge in [0, 0.05) is 18.2 Å². The number of rotatable bonds is 4. The molecule has 3 heterocycles. The van der Waals surface area contributed by atoms with Crippen molar-refractivity contribution in [3.63, 3.8) is 0 Å². The van der Waals surface area contributed by atoms with E-state index in [1.54, 1.807) is 17.8 Å². The monoisotopic (exact) mass is 289 g/mol. The molecule has 0 bridgehead atoms. The summed E-state index contributed by atoms with van der Waals surface area (Å²) in [6.45, 7) is 1.56. The van der Waals surface area contributed by atoms with Crippen LogP contribution in [0.25, 0.3) is 0 Å². The quantitative estimate of drug-likeness (QED) is 0.833. The zero-order chi connectivity index (χ0) is 13.9. The predicted octanol–water partition coefficient (Wildman–Crippen LogP) is 2.03.